The fraction of sp³-hybridized carbons (Fsp3) is 0.571. The number of nitrogens with one attached hydrogen (secondary N) is 2. The molecule has 1 aliphatic carbocycles. The van der Waals surface area contributed by atoms with E-state index in [4.69, 9.17) is 43.9 Å². The van der Waals surface area contributed by atoms with E-state index in [0.29, 0.717) is 37.6 Å². The molecule has 1 aromatic rings. The number of hydrogen-bond donors (Lipinski definition) is 5. The number of anilines is 1. The van der Waals surface area contributed by atoms with Crippen molar-refractivity contribution in [1.82, 2.24) is 14.6 Å². The van der Waals surface area contributed by atoms with Gasteiger partial charge in [-0.3, -0.25) is 15.0 Å². The molecule has 1 aromatic heterocycles. The number of nitrogens with two attached hydrogens (primary N) is 1. The Balaban J connectivity index is 1.86. The number of nitrogens with zero attached hydrogens (tertiary/aromatic N) is 2. The SMILES string of the molecule is CC1(Cl)C(Cl)=CC=CC1COc1nsc(NC(=O)NCCCCN(CCO)CCO)c1C(N)=O. The Kier molecular flexibility index (Phi) is 11.6. The van der Waals surface area contributed by atoms with Crippen molar-refractivity contribution < 1.29 is 24.5 Å². The number of rotatable bonds is 14. The first-order chi connectivity index (χ1) is 16.2. The standard InChI is InChI=1S/C21H31Cl2N5O5S/c1-21(23)14(5-4-6-15(21)22)13-33-18-16(17(24)31)19(34-27-18)26-20(32)25-7-2-3-8-28(9-11-29)10-12-30/h4-6,14,29-30H,2-3,7-13H2,1H3,(H2,24,31)(H2,25,26,32). The van der Waals surface area contributed by atoms with Gasteiger partial charge in [-0.15, -0.1) is 11.6 Å². The van der Waals surface area contributed by atoms with Gasteiger partial charge in [-0.25, -0.2) is 4.79 Å². The fourth-order valence-corrected chi connectivity index (χ4v) is 4.43. The molecule has 0 saturated carbocycles. The van der Waals surface area contributed by atoms with Gasteiger partial charge in [-0.1, -0.05) is 23.8 Å². The van der Waals surface area contributed by atoms with Crippen molar-refractivity contribution in [3.63, 3.8) is 0 Å². The van der Waals surface area contributed by atoms with Crippen LogP contribution in [0.2, 0.25) is 0 Å². The molecular formula is C21H31Cl2N5O5S. The first kappa shape index (κ1) is 28.3. The number of urea groups is 1. The summed E-state index contributed by atoms with van der Waals surface area (Å²) < 4.78 is 9.84. The van der Waals surface area contributed by atoms with Crippen LogP contribution < -0.4 is 21.1 Å². The molecule has 13 heteroatoms. The fourth-order valence-electron chi connectivity index (χ4n) is 3.28. The predicted octanol–water partition coefficient (Wildman–Crippen LogP) is 2.12. The van der Waals surface area contributed by atoms with Crippen LogP contribution in [0, 0.1) is 5.92 Å². The summed E-state index contributed by atoms with van der Waals surface area (Å²) in [5.74, 6) is -1.02. The second kappa shape index (κ2) is 13.9. The van der Waals surface area contributed by atoms with E-state index >= 15 is 0 Å². The van der Waals surface area contributed by atoms with Crippen molar-refractivity contribution >= 4 is 51.7 Å². The van der Waals surface area contributed by atoms with Crippen molar-refractivity contribution in [2.45, 2.75) is 24.6 Å². The van der Waals surface area contributed by atoms with E-state index < -0.39 is 16.8 Å². The number of hydrogen-bond acceptors (Lipinski definition) is 8. The highest BCUT2D eigenvalue weighted by atomic mass is 35.5. The minimum Gasteiger partial charge on any atom is -0.476 e. The van der Waals surface area contributed by atoms with Gasteiger partial charge in [-0.05, 0) is 43.9 Å². The molecular weight excluding hydrogens is 505 g/mol. The molecule has 0 radical (unpaired) electrons. The maximum Gasteiger partial charge on any atom is 0.319 e. The number of carbonyl (C=O) groups is 2. The zero-order chi connectivity index (χ0) is 25.1. The summed E-state index contributed by atoms with van der Waals surface area (Å²) in [7, 11) is 0. The minimum absolute atomic E-state index is 0.0125. The number of aliphatic hydroxyl groups is 2. The molecule has 3 amide bonds. The van der Waals surface area contributed by atoms with Gasteiger partial charge < -0.3 is 26.0 Å². The highest BCUT2D eigenvalue weighted by molar-refractivity contribution is 7.11. The van der Waals surface area contributed by atoms with Gasteiger partial charge in [0.05, 0.1) is 24.7 Å². The first-order valence-electron chi connectivity index (χ1n) is 10.8. The largest absolute Gasteiger partial charge is 0.476 e. The van der Waals surface area contributed by atoms with Gasteiger partial charge in [-0.2, -0.15) is 4.37 Å². The number of halogens is 2. The lowest BCUT2D eigenvalue weighted by molar-refractivity contribution is 0.0996. The summed E-state index contributed by atoms with van der Waals surface area (Å²) in [6.07, 6.45) is 6.83. The van der Waals surface area contributed by atoms with Gasteiger partial charge in [0.15, 0.2) is 0 Å². The molecule has 2 atom stereocenters. The molecule has 2 unspecified atom stereocenters. The van der Waals surface area contributed by atoms with Gasteiger partial charge in [0.2, 0.25) is 5.88 Å². The number of amides is 3. The maximum atomic E-state index is 12.3. The number of allylic oxidation sites excluding steroid dienone is 3. The Hall–Kier alpha value is -1.89. The van der Waals surface area contributed by atoms with Crippen LogP contribution in [0.1, 0.15) is 30.1 Å². The summed E-state index contributed by atoms with van der Waals surface area (Å²) in [5.41, 5.74) is 5.49. The van der Waals surface area contributed by atoms with Gasteiger partial charge in [0, 0.05) is 30.6 Å². The van der Waals surface area contributed by atoms with Gasteiger partial charge >= 0.3 is 6.03 Å². The van der Waals surface area contributed by atoms with Crippen molar-refractivity contribution in [2.24, 2.45) is 11.7 Å². The number of unbranched alkanes of at least 4 members (excludes halogenated alkanes) is 1. The molecule has 0 spiro atoms. The molecule has 6 N–H and O–H groups in total. The highest BCUT2D eigenvalue weighted by Gasteiger charge is 2.36. The van der Waals surface area contributed by atoms with E-state index in [1.807, 2.05) is 11.0 Å². The smallest absolute Gasteiger partial charge is 0.319 e. The molecule has 0 fully saturated rings. The summed E-state index contributed by atoms with van der Waals surface area (Å²) in [6.45, 7) is 4.02. The molecule has 10 nitrogen and oxygen atoms in total. The van der Waals surface area contributed by atoms with Crippen LogP contribution in [0.3, 0.4) is 0 Å². The normalized spacial score (nSPS) is 19.7. The second-order valence-corrected chi connectivity index (χ2v) is 9.79. The molecule has 0 bridgehead atoms. The van der Waals surface area contributed by atoms with Crippen LogP contribution in [-0.4, -0.2) is 82.3 Å². The molecule has 1 aliphatic rings. The van der Waals surface area contributed by atoms with E-state index in [1.165, 1.54) is 0 Å². The third-order valence-corrected chi connectivity index (χ3v) is 7.15. The monoisotopic (exact) mass is 535 g/mol. The summed E-state index contributed by atoms with van der Waals surface area (Å²) in [6, 6.07) is -0.499. The van der Waals surface area contributed by atoms with Crippen LogP contribution in [0.4, 0.5) is 9.80 Å². The van der Waals surface area contributed by atoms with E-state index in [1.54, 1.807) is 19.1 Å². The Morgan fingerprint density at radius 2 is 2.00 bits per heavy atom. The molecule has 34 heavy (non-hydrogen) atoms. The Morgan fingerprint density at radius 1 is 1.29 bits per heavy atom. The van der Waals surface area contributed by atoms with E-state index in [9.17, 15) is 9.59 Å². The Labute approximate surface area is 212 Å². The average Bonchev–Trinajstić information content (AvgIpc) is 3.17. The van der Waals surface area contributed by atoms with E-state index in [2.05, 4.69) is 15.0 Å². The molecule has 0 aromatic carbocycles. The third-order valence-electron chi connectivity index (χ3n) is 5.30. The van der Waals surface area contributed by atoms with Crippen molar-refractivity contribution in [3.05, 3.63) is 28.8 Å². The highest BCUT2D eigenvalue weighted by Crippen LogP contribution is 2.40. The van der Waals surface area contributed by atoms with Gasteiger partial charge in [0.1, 0.15) is 10.6 Å². The summed E-state index contributed by atoms with van der Waals surface area (Å²) in [4.78, 5) is 25.4. The molecule has 190 valence electrons. The van der Waals surface area contributed by atoms with Crippen LogP contribution in [0.5, 0.6) is 5.88 Å². The number of primary amides is 1. The second-order valence-electron chi connectivity index (χ2n) is 7.83. The number of aromatic nitrogens is 1. The summed E-state index contributed by atoms with van der Waals surface area (Å²) in [5, 5.41) is 24.0. The quantitative estimate of drug-likeness (QED) is 0.181. The van der Waals surface area contributed by atoms with E-state index in [0.717, 1.165) is 18.0 Å². The summed E-state index contributed by atoms with van der Waals surface area (Å²) >= 11 is 13.6. The van der Waals surface area contributed by atoms with Crippen molar-refractivity contribution in [2.75, 3.05) is 51.3 Å². The molecule has 0 saturated heterocycles. The first-order valence-corrected chi connectivity index (χ1v) is 12.4. The maximum absolute atomic E-state index is 12.3. The lowest BCUT2D eigenvalue weighted by atomic mass is 9.89. The third kappa shape index (κ3) is 8.10. The minimum atomic E-state index is -0.854. The number of carbonyl (C=O) groups excluding carboxylic acids is 2. The topological polar surface area (TPSA) is 150 Å². The van der Waals surface area contributed by atoms with Crippen LogP contribution in [-0.2, 0) is 0 Å². The zero-order valence-corrected chi connectivity index (χ0v) is 21.3. The lowest BCUT2D eigenvalue weighted by Crippen LogP contribution is -2.34. The Bertz CT molecular complexity index is 887. The van der Waals surface area contributed by atoms with Gasteiger partial charge in [0.25, 0.3) is 5.91 Å². The number of aliphatic hydroxyl groups excluding tert-OH is 2. The number of ether oxygens (including phenoxy) is 1. The van der Waals surface area contributed by atoms with Crippen LogP contribution in [0.25, 0.3) is 0 Å². The Morgan fingerprint density at radius 3 is 2.65 bits per heavy atom. The van der Waals surface area contributed by atoms with E-state index in [-0.39, 0.29) is 42.2 Å². The molecule has 0 aliphatic heterocycles. The van der Waals surface area contributed by atoms with Crippen LogP contribution >= 0.6 is 34.7 Å². The average molecular weight is 536 g/mol. The van der Waals surface area contributed by atoms with Crippen LogP contribution in [0.15, 0.2) is 23.3 Å². The zero-order valence-electron chi connectivity index (χ0n) is 18.9. The predicted molar refractivity (Wildman–Crippen MR) is 134 cm³/mol. The number of alkyl halides is 1. The lowest BCUT2D eigenvalue weighted by Gasteiger charge is -2.31. The van der Waals surface area contributed by atoms with Crippen molar-refractivity contribution in [1.29, 1.82) is 0 Å². The molecule has 1 heterocycles. The molecule has 2 rings (SSSR count). The van der Waals surface area contributed by atoms with Crippen molar-refractivity contribution in [3.8, 4) is 5.88 Å².